The van der Waals surface area contributed by atoms with Crippen molar-refractivity contribution in [1.29, 1.82) is 0 Å². The van der Waals surface area contributed by atoms with E-state index in [9.17, 15) is 4.79 Å². The monoisotopic (exact) mass is 257 g/mol. The van der Waals surface area contributed by atoms with Crippen molar-refractivity contribution >= 4 is 11.6 Å². The van der Waals surface area contributed by atoms with Gasteiger partial charge >= 0.3 is 0 Å². The molecule has 1 aromatic heterocycles. The van der Waals surface area contributed by atoms with E-state index in [-0.39, 0.29) is 11.8 Å². The van der Waals surface area contributed by atoms with Crippen LogP contribution in [0.15, 0.2) is 36.9 Å². The summed E-state index contributed by atoms with van der Waals surface area (Å²) in [5, 5.41) is 10.1. The summed E-state index contributed by atoms with van der Waals surface area (Å²) in [5.74, 6) is 0.177. The van der Waals surface area contributed by atoms with Crippen molar-refractivity contribution in [3.8, 4) is 0 Å². The van der Waals surface area contributed by atoms with Crippen molar-refractivity contribution in [2.24, 2.45) is 5.92 Å². The Kier molecular flexibility index (Phi) is 3.24. The van der Waals surface area contributed by atoms with Crippen LogP contribution in [0, 0.1) is 5.92 Å². The van der Waals surface area contributed by atoms with E-state index in [2.05, 4.69) is 20.7 Å². The van der Waals surface area contributed by atoms with Gasteiger partial charge < -0.3 is 10.6 Å². The van der Waals surface area contributed by atoms with Gasteiger partial charge in [0.05, 0.1) is 12.5 Å². The van der Waals surface area contributed by atoms with Gasteiger partial charge in [-0.2, -0.15) is 5.10 Å². The Morgan fingerprint density at radius 2 is 2.37 bits per heavy atom. The lowest BCUT2D eigenvalue weighted by Gasteiger charge is -2.25. The number of nitrogens with one attached hydrogen (secondary N) is 2. The SMILES string of the molecule is O=C(Nc1cccc(Cn2cncn2)c1)C1CNC1. The first-order valence-corrected chi connectivity index (χ1v) is 6.24. The van der Waals surface area contributed by atoms with E-state index in [0.29, 0.717) is 6.54 Å². The van der Waals surface area contributed by atoms with Gasteiger partial charge in [0.2, 0.25) is 5.91 Å². The highest BCUT2D eigenvalue weighted by Gasteiger charge is 2.24. The van der Waals surface area contributed by atoms with Crippen LogP contribution in [-0.4, -0.2) is 33.8 Å². The van der Waals surface area contributed by atoms with E-state index in [0.717, 1.165) is 24.3 Å². The van der Waals surface area contributed by atoms with E-state index in [1.54, 1.807) is 11.0 Å². The first-order chi connectivity index (χ1) is 9.31. The van der Waals surface area contributed by atoms with E-state index in [4.69, 9.17) is 0 Å². The van der Waals surface area contributed by atoms with Gasteiger partial charge in [-0.25, -0.2) is 9.67 Å². The van der Waals surface area contributed by atoms with Gasteiger partial charge in [0, 0.05) is 18.8 Å². The summed E-state index contributed by atoms with van der Waals surface area (Å²) in [6.07, 6.45) is 3.18. The van der Waals surface area contributed by atoms with E-state index < -0.39 is 0 Å². The van der Waals surface area contributed by atoms with Crippen molar-refractivity contribution in [2.45, 2.75) is 6.54 Å². The van der Waals surface area contributed by atoms with Crippen LogP contribution in [0.25, 0.3) is 0 Å². The molecule has 6 heteroatoms. The molecule has 2 heterocycles. The molecule has 1 aliphatic rings. The fraction of sp³-hybridized carbons (Fsp3) is 0.308. The van der Waals surface area contributed by atoms with Crippen LogP contribution < -0.4 is 10.6 Å². The summed E-state index contributed by atoms with van der Waals surface area (Å²) < 4.78 is 1.75. The fourth-order valence-electron chi connectivity index (χ4n) is 1.97. The number of amides is 1. The molecule has 0 saturated carbocycles. The second kappa shape index (κ2) is 5.19. The van der Waals surface area contributed by atoms with Crippen LogP contribution >= 0.6 is 0 Å². The number of hydrogen-bond acceptors (Lipinski definition) is 4. The fourth-order valence-corrected chi connectivity index (χ4v) is 1.97. The molecule has 98 valence electrons. The smallest absolute Gasteiger partial charge is 0.230 e. The summed E-state index contributed by atoms with van der Waals surface area (Å²) in [7, 11) is 0. The number of carbonyl (C=O) groups is 1. The highest BCUT2D eigenvalue weighted by Crippen LogP contribution is 2.14. The van der Waals surface area contributed by atoms with Crippen LogP contribution in [0.2, 0.25) is 0 Å². The Morgan fingerprint density at radius 3 is 3.05 bits per heavy atom. The average Bonchev–Trinajstić information content (AvgIpc) is 2.79. The lowest BCUT2D eigenvalue weighted by atomic mass is 10.0. The second-order valence-corrected chi connectivity index (χ2v) is 4.64. The maximum absolute atomic E-state index is 11.8. The van der Waals surface area contributed by atoms with Gasteiger partial charge in [-0.15, -0.1) is 0 Å². The normalized spacial score (nSPS) is 14.9. The zero-order valence-corrected chi connectivity index (χ0v) is 10.4. The number of rotatable bonds is 4. The lowest BCUT2D eigenvalue weighted by molar-refractivity contribution is -0.121. The largest absolute Gasteiger partial charge is 0.326 e. The first-order valence-electron chi connectivity index (χ1n) is 6.24. The number of nitrogens with zero attached hydrogens (tertiary/aromatic N) is 3. The molecule has 1 amide bonds. The number of aromatic nitrogens is 3. The minimum atomic E-state index is 0.0802. The van der Waals surface area contributed by atoms with Crippen LogP contribution in [0.5, 0.6) is 0 Å². The topological polar surface area (TPSA) is 71.8 Å². The van der Waals surface area contributed by atoms with Gasteiger partial charge in [0.1, 0.15) is 12.7 Å². The molecule has 0 unspecified atom stereocenters. The standard InChI is InChI=1S/C13H15N5O/c19-13(11-5-14-6-11)17-12-3-1-2-10(4-12)7-18-9-15-8-16-18/h1-4,8-9,11,14H,5-7H2,(H,17,19). The molecule has 3 rings (SSSR count). The van der Waals surface area contributed by atoms with Crippen molar-refractivity contribution in [3.63, 3.8) is 0 Å². The molecule has 1 fully saturated rings. The zero-order chi connectivity index (χ0) is 13.1. The number of benzene rings is 1. The Bertz CT molecular complexity index is 562. The Balaban J connectivity index is 1.67. The summed E-state index contributed by atoms with van der Waals surface area (Å²) >= 11 is 0. The second-order valence-electron chi connectivity index (χ2n) is 4.64. The first kappa shape index (κ1) is 11.9. The summed E-state index contributed by atoms with van der Waals surface area (Å²) in [4.78, 5) is 15.8. The average molecular weight is 257 g/mol. The van der Waals surface area contributed by atoms with Crippen LogP contribution in [0.3, 0.4) is 0 Å². The van der Waals surface area contributed by atoms with Crippen molar-refractivity contribution in [3.05, 3.63) is 42.5 Å². The van der Waals surface area contributed by atoms with E-state index in [1.165, 1.54) is 6.33 Å². The molecule has 1 aliphatic heterocycles. The van der Waals surface area contributed by atoms with Gasteiger partial charge in [0.15, 0.2) is 0 Å². The molecule has 1 saturated heterocycles. The molecular formula is C13H15N5O. The van der Waals surface area contributed by atoms with Crippen LogP contribution in [-0.2, 0) is 11.3 Å². The highest BCUT2D eigenvalue weighted by atomic mass is 16.2. The maximum Gasteiger partial charge on any atom is 0.230 e. The molecule has 0 radical (unpaired) electrons. The molecule has 0 spiro atoms. The summed E-state index contributed by atoms with van der Waals surface area (Å²) in [6.45, 7) is 2.18. The van der Waals surface area contributed by atoms with Crippen molar-refractivity contribution in [2.75, 3.05) is 18.4 Å². The third-order valence-electron chi connectivity index (χ3n) is 3.16. The number of hydrogen-bond donors (Lipinski definition) is 2. The minimum absolute atomic E-state index is 0.0802. The molecule has 2 N–H and O–H groups in total. The molecule has 19 heavy (non-hydrogen) atoms. The van der Waals surface area contributed by atoms with Crippen LogP contribution in [0.1, 0.15) is 5.56 Å². The molecule has 0 bridgehead atoms. The Labute approximate surface area is 110 Å². The van der Waals surface area contributed by atoms with Gasteiger partial charge in [-0.05, 0) is 17.7 Å². The molecule has 0 aliphatic carbocycles. The quantitative estimate of drug-likeness (QED) is 0.836. The lowest BCUT2D eigenvalue weighted by Crippen LogP contribution is -2.48. The molecule has 2 aromatic rings. The predicted octanol–water partition coefficient (Wildman–Crippen LogP) is 0.484. The third kappa shape index (κ3) is 2.79. The number of anilines is 1. The minimum Gasteiger partial charge on any atom is -0.326 e. The molecule has 1 aromatic carbocycles. The molecular weight excluding hydrogens is 242 g/mol. The Morgan fingerprint density at radius 1 is 1.47 bits per heavy atom. The van der Waals surface area contributed by atoms with Gasteiger partial charge in [0.25, 0.3) is 0 Å². The van der Waals surface area contributed by atoms with Crippen molar-refractivity contribution in [1.82, 2.24) is 20.1 Å². The van der Waals surface area contributed by atoms with Crippen molar-refractivity contribution < 1.29 is 4.79 Å². The molecule has 6 nitrogen and oxygen atoms in total. The molecule has 0 atom stereocenters. The predicted molar refractivity (Wildman–Crippen MR) is 70.6 cm³/mol. The highest BCUT2D eigenvalue weighted by molar-refractivity contribution is 5.93. The zero-order valence-electron chi connectivity index (χ0n) is 10.4. The van der Waals surface area contributed by atoms with Gasteiger partial charge in [-0.3, -0.25) is 4.79 Å². The third-order valence-corrected chi connectivity index (χ3v) is 3.16. The summed E-state index contributed by atoms with van der Waals surface area (Å²) in [6, 6.07) is 7.80. The van der Waals surface area contributed by atoms with E-state index in [1.807, 2.05) is 24.3 Å². The van der Waals surface area contributed by atoms with Crippen LogP contribution in [0.4, 0.5) is 5.69 Å². The number of carbonyl (C=O) groups excluding carboxylic acids is 1. The maximum atomic E-state index is 11.8. The van der Waals surface area contributed by atoms with E-state index >= 15 is 0 Å². The Hall–Kier alpha value is -2.21. The van der Waals surface area contributed by atoms with Gasteiger partial charge in [-0.1, -0.05) is 12.1 Å². The summed E-state index contributed by atoms with van der Waals surface area (Å²) in [5.41, 5.74) is 1.91.